The smallest absolute Gasteiger partial charge is 0.341 e. The van der Waals surface area contributed by atoms with Gasteiger partial charge in [0, 0.05) is 6.42 Å². The highest BCUT2D eigenvalue weighted by molar-refractivity contribution is 6.19. The number of hydrogen-bond donors (Lipinski definition) is 1. The van der Waals surface area contributed by atoms with Crippen molar-refractivity contribution in [1.29, 1.82) is 0 Å². The standard InChI is InChI=1S/C14H14N2O4/c1-3-12-15-16-13(20-12)11(14(17)18)8-9-4-6-10(19-2)7-5-9/h4-8H,3H2,1-2H3,(H,17,18)/b11-8-. The Balaban J connectivity index is 2.36. The molecule has 104 valence electrons. The molecule has 0 saturated carbocycles. The predicted octanol–water partition coefficient (Wildman–Crippen LogP) is 2.27. The minimum Gasteiger partial charge on any atom is -0.497 e. The molecule has 2 rings (SSSR count). The normalized spacial score (nSPS) is 11.4. The Morgan fingerprint density at radius 1 is 1.35 bits per heavy atom. The van der Waals surface area contributed by atoms with Gasteiger partial charge in [-0.15, -0.1) is 10.2 Å². The average molecular weight is 274 g/mol. The third-order valence-electron chi connectivity index (χ3n) is 2.66. The number of ether oxygens (including phenoxy) is 1. The van der Waals surface area contributed by atoms with Gasteiger partial charge in [-0.1, -0.05) is 19.1 Å². The highest BCUT2D eigenvalue weighted by atomic mass is 16.5. The third-order valence-corrected chi connectivity index (χ3v) is 2.66. The van der Waals surface area contributed by atoms with Crippen LogP contribution in [0.2, 0.25) is 0 Å². The largest absolute Gasteiger partial charge is 0.497 e. The summed E-state index contributed by atoms with van der Waals surface area (Å²) in [7, 11) is 1.57. The maximum Gasteiger partial charge on any atom is 0.341 e. The molecule has 2 aromatic rings. The van der Waals surface area contributed by atoms with Crippen molar-refractivity contribution in [2.75, 3.05) is 7.11 Å². The summed E-state index contributed by atoms with van der Waals surface area (Å²) >= 11 is 0. The zero-order valence-electron chi connectivity index (χ0n) is 11.2. The number of aryl methyl sites for hydroxylation is 1. The highest BCUT2D eigenvalue weighted by Gasteiger charge is 2.17. The fourth-order valence-corrected chi connectivity index (χ4v) is 1.59. The van der Waals surface area contributed by atoms with Crippen molar-refractivity contribution in [1.82, 2.24) is 10.2 Å². The van der Waals surface area contributed by atoms with Gasteiger partial charge in [0.25, 0.3) is 5.89 Å². The molecule has 6 nitrogen and oxygen atoms in total. The second-order valence-electron chi connectivity index (χ2n) is 3.99. The highest BCUT2D eigenvalue weighted by Crippen LogP contribution is 2.19. The first-order valence-electron chi connectivity index (χ1n) is 6.05. The van der Waals surface area contributed by atoms with E-state index in [1.165, 1.54) is 6.08 Å². The van der Waals surface area contributed by atoms with Crippen LogP contribution >= 0.6 is 0 Å². The van der Waals surface area contributed by atoms with Crippen LogP contribution in [0.25, 0.3) is 11.6 Å². The van der Waals surface area contributed by atoms with E-state index in [0.717, 1.165) is 0 Å². The molecule has 0 bridgehead atoms. The molecule has 1 aromatic carbocycles. The average Bonchev–Trinajstić information content (AvgIpc) is 2.93. The first-order chi connectivity index (χ1) is 9.63. The molecule has 0 atom stereocenters. The van der Waals surface area contributed by atoms with Crippen LogP contribution in [0.3, 0.4) is 0 Å². The van der Waals surface area contributed by atoms with Crippen LogP contribution in [-0.4, -0.2) is 28.4 Å². The van der Waals surface area contributed by atoms with Gasteiger partial charge in [0.15, 0.2) is 0 Å². The van der Waals surface area contributed by atoms with Crippen LogP contribution in [-0.2, 0) is 11.2 Å². The lowest BCUT2D eigenvalue weighted by Crippen LogP contribution is -2.00. The quantitative estimate of drug-likeness (QED) is 0.842. The van der Waals surface area contributed by atoms with E-state index in [1.54, 1.807) is 31.4 Å². The lowest BCUT2D eigenvalue weighted by molar-refractivity contribution is -0.130. The van der Waals surface area contributed by atoms with Crippen LogP contribution in [0.5, 0.6) is 5.75 Å². The van der Waals surface area contributed by atoms with E-state index >= 15 is 0 Å². The summed E-state index contributed by atoms with van der Waals surface area (Å²) in [6.45, 7) is 1.85. The van der Waals surface area contributed by atoms with Crippen LogP contribution in [0.1, 0.15) is 24.3 Å². The first-order valence-corrected chi connectivity index (χ1v) is 6.05. The predicted molar refractivity (Wildman–Crippen MR) is 72.2 cm³/mol. The minimum absolute atomic E-state index is 0.00479. The lowest BCUT2D eigenvalue weighted by Gasteiger charge is -2.00. The van der Waals surface area contributed by atoms with Crippen LogP contribution < -0.4 is 4.74 Å². The second-order valence-corrected chi connectivity index (χ2v) is 3.99. The van der Waals surface area contributed by atoms with E-state index in [4.69, 9.17) is 9.15 Å². The molecule has 1 aromatic heterocycles. The van der Waals surface area contributed by atoms with Crippen molar-refractivity contribution >= 4 is 17.6 Å². The number of nitrogens with zero attached hydrogens (tertiary/aromatic N) is 2. The lowest BCUT2D eigenvalue weighted by atomic mass is 10.1. The Labute approximate surface area is 115 Å². The number of aliphatic carboxylic acids is 1. The molecule has 6 heteroatoms. The molecule has 1 heterocycles. The van der Waals surface area contributed by atoms with E-state index in [2.05, 4.69) is 10.2 Å². The molecule has 0 amide bonds. The van der Waals surface area contributed by atoms with Crippen molar-refractivity contribution < 1.29 is 19.1 Å². The maximum absolute atomic E-state index is 11.3. The van der Waals surface area contributed by atoms with Crippen molar-refractivity contribution in [2.45, 2.75) is 13.3 Å². The molecule has 0 spiro atoms. The Kier molecular flexibility index (Phi) is 4.14. The van der Waals surface area contributed by atoms with Crippen molar-refractivity contribution in [2.24, 2.45) is 0 Å². The van der Waals surface area contributed by atoms with Crippen molar-refractivity contribution in [3.05, 3.63) is 41.6 Å². The van der Waals surface area contributed by atoms with Crippen molar-refractivity contribution in [3.8, 4) is 5.75 Å². The van der Waals surface area contributed by atoms with E-state index in [0.29, 0.717) is 23.6 Å². The summed E-state index contributed by atoms with van der Waals surface area (Å²) in [6, 6.07) is 6.99. The van der Waals surface area contributed by atoms with Gasteiger partial charge in [0.2, 0.25) is 5.89 Å². The number of rotatable bonds is 5. The SMILES string of the molecule is CCc1nnc(/C(=C/c2ccc(OC)cc2)C(=O)O)o1. The zero-order valence-corrected chi connectivity index (χ0v) is 11.2. The number of methoxy groups -OCH3 is 1. The molecular formula is C14H14N2O4. The molecule has 1 N–H and O–H groups in total. The monoisotopic (exact) mass is 274 g/mol. The summed E-state index contributed by atoms with van der Waals surface area (Å²) in [4.78, 5) is 11.3. The number of hydrogen-bond acceptors (Lipinski definition) is 5. The molecule has 0 unspecified atom stereocenters. The Morgan fingerprint density at radius 3 is 2.55 bits per heavy atom. The van der Waals surface area contributed by atoms with Gasteiger partial charge in [-0.3, -0.25) is 0 Å². The Hall–Kier alpha value is -2.63. The Bertz CT molecular complexity index is 629. The molecule has 0 fully saturated rings. The van der Waals surface area contributed by atoms with Crippen LogP contribution in [0.15, 0.2) is 28.7 Å². The minimum atomic E-state index is -1.12. The number of carboxylic acid groups (broad SMARTS) is 1. The molecule has 0 saturated heterocycles. The van der Waals surface area contributed by atoms with Gasteiger partial charge in [0.05, 0.1) is 7.11 Å². The number of benzene rings is 1. The molecule has 0 aliphatic heterocycles. The zero-order chi connectivity index (χ0) is 14.5. The summed E-state index contributed by atoms with van der Waals surface area (Å²) < 4.78 is 10.3. The fourth-order valence-electron chi connectivity index (χ4n) is 1.59. The molecular weight excluding hydrogens is 260 g/mol. The topological polar surface area (TPSA) is 85.5 Å². The Morgan fingerprint density at radius 2 is 2.05 bits per heavy atom. The van der Waals surface area contributed by atoms with Crippen LogP contribution in [0, 0.1) is 0 Å². The van der Waals surface area contributed by atoms with E-state index in [1.807, 2.05) is 6.92 Å². The summed E-state index contributed by atoms with van der Waals surface area (Å²) in [6.07, 6.45) is 2.04. The summed E-state index contributed by atoms with van der Waals surface area (Å²) in [5.74, 6) is -0.00995. The van der Waals surface area contributed by atoms with Crippen molar-refractivity contribution in [3.63, 3.8) is 0 Å². The first kappa shape index (κ1) is 13.8. The molecule has 0 aliphatic carbocycles. The number of carboxylic acids is 1. The van der Waals surface area contributed by atoms with Gasteiger partial charge >= 0.3 is 5.97 Å². The molecule has 0 radical (unpaired) electrons. The van der Waals surface area contributed by atoms with E-state index in [-0.39, 0.29) is 11.5 Å². The van der Waals surface area contributed by atoms with E-state index in [9.17, 15) is 9.90 Å². The summed E-state index contributed by atoms with van der Waals surface area (Å²) in [5.41, 5.74) is 0.668. The number of aromatic nitrogens is 2. The number of carbonyl (C=O) groups is 1. The van der Waals surface area contributed by atoms with Gasteiger partial charge in [-0.25, -0.2) is 4.79 Å². The third kappa shape index (κ3) is 3.03. The fraction of sp³-hybridized carbons (Fsp3) is 0.214. The van der Waals surface area contributed by atoms with Gasteiger partial charge < -0.3 is 14.3 Å². The van der Waals surface area contributed by atoms with Gasteiger partial charge in [-0.2, -0.15) is 0 Å². The van der Waals surface area contributed by atoms with Gasteiger partial charge in [0.1, 0.15) is 11.3 Å². The van der Waals surface area contributed by atoms with E-state index < -0.39 is 5.97 Å². The van der Waals surface area contributed by atoms with Gasteiger partial charge in [-0.05, 0) is 23.8 Å². The van der Waals surface area contributed by atoms with Crippen LogP contribution in [0.4, 0.5) is 0 Å². The summed E-state index contributed by atoms with van der Waals surface area (Å²) in [5, 5.41) is 16.8. The molecule has 0 aliphatic rings. The maximum atomic E-state index is 11.3. The second kappa shape index (κ2) is 6.01. The molecule has 20 heavy (non-hydrogen) atoms.